The van der Waals surface area contributed by atoms with Crippen LogP contribution in [0.2, 0.25) is 0 Å². The van der Waals surface area contributed by atoms with Gasteiger partial charge in [0.05, 0.1) is 30.0 Å². The van der Waals surface area contributed by atoms with E-state index in [1.165, 1.54) is 0 Å². The van der Waals surface area contributed by atoms with Crippen LogP contribution >= 0.6 is 0 Å². The number of amides is 2. The van der Waals surface area contributed by atoms with Crippen molar-refractivity contribution < 1.29 is 23.6 Å². The number of ether oxygens (including phenoxy) is 1. The van der Waals surface area contributed by atoms with Gasteiger partial charge < -0.3 is 23.8 Å². The van der Waals surface area contributed by atoms with Gasteiger partial charge in [-0.2, -0.15) is 5.10 Å². The third kappa shape index (κ3) is 6.06. The predicted molar refractivity (Wildman–Crippen MR) is 153 cm³/mol. The molecule has 1 aromatic carbocycles. The number of hydrogen-bond donors (Lipinski definition) is 0. The van der Waals surface area contributed by atoms with Gasteiger partial charge in [-0.1, -0.05) is 24.3 Å². The number of carbonyl (C=O) groups excluding carboxylic acids is 2. The SMILES string of the molecule is CC(C)(C)OC(=O)N1CCN(C(=O)CN2CC(n3cc(-c4ccc(B5OC(C)(C)C(C)(C)O5)cc4)cn3)C2)CC1. The summed E-state index contributed by atoms with van der Waals surface area (Å²) in [5.41, 5.74) is 1.89. The van der Waals surface area contributed by atoms with E-state index in [4.69, 9.17) is 14.0 Å². The summed E-state index contributed by atoms with van der Waals surface area (Å²) in [6, 6.07) is 8.51. The van der Waals surface area contributed by atoms with Crippen molar-refractivity contribution in [2.24, 2.45) is 0 Å². The van der Waals surface area contributed by atoms with E-state index in [1.807, 2.05) is 36.5 Å². The maximum atomic E-state index is 12.8. The summed E-state index contributed by atoms with van der Waals surface area (Å²) in [6.45, 7) is 17.8. The van der Waals surface area contributed by atoms with Crippen LogP contribution in [0.1, 0.15) is 54.5 Å². The highest BCUT2D eigenvalue weighted by atomic mass is 16.7. The average Bonchev–Trinajstić information content (AvgIpc) is 3.41. The van der Waals surface area contributed by atoms with Gasteiger partial charge in [0.25, 0.3) is 0 Å². The van der Waals surface area contributed by atoms with E-state index >= 15 is 0 Å². The summed E-state index contributed by atoms with van der Waals surface area (Å²) in [4.78, 5) is 30.8. The largest absolute Gasteiger partial charge is 0.494 e. The number of hydrogen-bond acceptors (Lipinski definition) is 7. The number of nitrogens with zero attached hydrogens (tertiary/aromatic N) is 5. The monoisotopic (exact) mass is 551 g/mol. The lowest BCUT2D eigenvalue weighted by atomic mass is 9.78. The molecule has 1 aromatic heterocycles. The molecule has 11 heteroatoms. The van der Waals surface area contributed by atoms with E-state index in [-0.39, 0.29) is 36.4 Å². The minimum Gasteiger partial charge on any atom is -0.444 e. The Balaban J connectivity index is 1.08. The topological polar surface area (TPSA) is 89.4 Å². The molecule has 3 saturated heterocycles. The zero-order chi connectivity index (χ0) is 28.9. The fourth-order valence-electron chi connectivity index (χ4n) is 5.09. The van der Waals surface area contributed by atoms with Crippen LogP contribution in [0.3, 0.4) is 0 Å². The summed E-state index contributed by atoms with van der Waals surface area (Å²) in [6.07, 6.45) is 3.65. The van der Waals surface area contributed by atoms with Crippen molar-refractivity contribution in [2.45, 2.75) is 71.3 Å². The molecule has 0 spiro atoms. The Morgan fingerprint density at radius 3 is 2.10 bits per heavy atom. The average molecular weight is 551 g/mol. The lowest BCUT2D eigenvalue weighted by Gasteiger charge is -2.41. The molecule has 0 N–H and O–H groups in total. The molecule has 4 heterocycles. The second-order valence-corrected chi connectivity index (χ2v) is 13.1. The number of rotatable bonds is 5. The number of piperazine rings is 1. The number of carbonyl (C=O) groups is 2. The highest BCUT2D eigenvalue weighted by molar-refractivity contribution is 6.62. The quantitative estimate of drug-likeness (QED) is 0.528. The van der Waals surface area contributed by atoms with Crippen LogP contribution in [-0.2, 0) is 18.8 Å². The van der Waals surface area contributed by atoms with Gasteiger partial charge in [-0.05, 0) is 59.5 Å². The predicted octanol–water partition coefficient (Wildman–Crippen LogP) is 2.79. The van der Waals surface area contributed by atoms with Gasteiger partial charge in [-0.25, -0.2) is 4.79 Å². The Kier molecular flexibility index (Phi) is 7.52. The van der Waals surface area contributed by atoms with Crippen molar-refractivity contribution in [1.82, 2.24) is 24.5 Å². The summed E-state index contributed by atoms with van der Waals surface area (Å²) in [5, 5.41) is 4.60. The van der Waals surface area contributed by atoms with Crippen LogP contribution in [0.15, 0.2) is 36.7 Å². The fraction of sp³-hybridized carbons (Fsp3) is 0.621. The van der Waals surface area contributed by atoms with Gasteiger partial charge in [0.1, 0.15) is 5.60 Å². The van der Waals surface area contributed by atoms with Gasteiger partial charge in [-0.15, -0.1) is 0 Å². The Bertz CT molecular complexity index is 1210. The molecule has 0 saturated carbocycles. The lowest BCUT2D eigenvalue weighted by molar-refractivity contribution is -0.135. The Hall–Kier alpha value is -2.89. The van der Waals surface area contributed by atoms with Crippen molar-refractivity contribution in [3.05, 3.63) is 36.7 Å². The van der Waals surface area contributed by atoms with Crippen molar-refractivity contribution in [3.63, 3.8) is 0 Å². The van der Waals surface area contributed by atoms with Crippen molar-refractivity contribution in [2.75, 3.05) is 45.8 Å². The lowest BCUT2D eigenvalue weighted by Crippen LogP contribution is -2.56. The summed E-state index contributed by atoms with van der Waals surface area (Å²) >= 11 is 0. The molecular formula is C29H42BN5O5. The molecule has 2 aromatic rings. The maximum Gasteiger partial charge on any atom is 0.494 e. The standard InChI is InChI=1S/C29H42BN5O5/c1-27(2,3)38-26(37)34-14-12-33(13-15-34)25(36)20-32-18-24(19-32)35-17-22(16-31-35)21-8-10-23(11-9-21)30-39-28(4,5)29(6,7)40-30/h8-11,16-17,24H,12-15,18-20H2,1-7H3. The highest BCUT2D eigenvalue weighted by Gasteiger charge is 2.51. The number of aromatic nitrogens is 2. The fourth-order valence-corrected chi connectivity index (χ4v) is 5.09. The Morgan fingerprint density at radius 2 is 1.52 bits per heavy atom. The Morgan fingerprint density at radius 1 is 0.950 bits per heavy atom. The van der Waals surface area contributed by atoms with E-state index in [0.717, 1.165) is 29.7 Å². The normalized spacial score (nSPS) is 21.4. The van der Waals surface area contributed by atoms with Crippen LogP contribution in [0.25, 0.3) is 11.1 Å². The first kappa shape index (κ1) is 28.6. The zero-order valence-corrected chi connectivity index (χ0v) is 24.8. The minimum absolute atomic E-state index is 0.102. The van der Waals surface area contributed by atoms with E-state index in [9.17, 15) is 9.59 Å². The van der Waals surface area contributed by atoms with Crippen LogP contribution < -0.4 is 5.46 Å². The van der Waals surface area contributed by atoms with Gasteiger partial charge in [0.15, 0.2) is 0 Å². The van der Waals surface area contributed by atoms with Gasteiger partial charge in [0.2, 0.25) is 5.91 Å². The first-order valence-electron chi connectivity index (χ1n) is 14.2. The molecule has 3 fully saturated rings. The van der Waals surface area contributed by atoms with Gasteiger partial charge >= 0.3 is 13.2 Å². The van der Waals surface area contributed by atoms with Crippen molar-refractivity contribution in [3.8, 4) is 11.1 Å². The first-order chi connectivity index (χ1) is 18.7. The van der Waals surface area contributed by atoms with Gasteiger partial charge in [-0.3, -0.25) is 14.4 Å². The molecule has 216 valence electrons. The van der Waals surface area contributed by atoms with E-state index in [2.05, 4.69) is 68.2 Å². The molecule has 2 amide bonds. The van der Waals surface area contributed by atoms with Crippen LogP contribution in [0, 0.1) is 0 Å². The van der Waals surface area contributed by atoms with E-state index in [1.54, 1.807) is 4.90 Å². The summed E-state index contributed by atoms with van der Waals surface area (Å²) in [7, 11) is -0.376. The van der Waals surface area contributed by atoms with Crippen molar-refractivity contribution >= 4 is 24.6 Å². The van der Waals surface area contributed by atoms with Crippen LogP contribution in [0.5, 0.6) is 0 Å². The van der Waals surface area contributed by atoms with Gasteiger partial charge in [0, 0.05) is 51.0 Å². The molecule has 5 rings (SSSR count). The van der Waals surface area contributed by atoms with E-state index in [0.29, 0.717) is 32.7 Å². The maximum absolute atomic E-state index is 12.8. The number of benzene rings is 1. The third-order valence-corrected chi connectivity index (χ3v) is 8.33. The van der Waals surface area contributed by atoms with Crippen molar-refractivity contribution in [1.29, 1.82) is 0 Å². The number of likely N-dealkylation sites (tertiary alicyclic amines) is 1. The highest BCUT2D eigenvalue weighted by Crippen LogP contribution is 2.36. The molecule has 0 bridgehead atoms. The molecule has 0 atom stereocenters. The third-order valence-electron chi connectivity index (χ3n) is 8.33. The zero-order valence-electron chi connectivity index (χ0n) is 24.8. The van der Waals surface area contributed by atoms with Crippen LogP contribution in [0.4, 0.5) is 4.79 Å². The first-order valence-corrected chi connectivity index (χ1v) is 14.2. The molecular weight excluding hydrogens is 509 g/mol. The Labute approximate surface area is 237 Å². The second-order valence-electron chi connectivity index (χ2n) is 13.1. The second kappa shape index (κ2) is 10.5. The minimum atomic E-state index is -0.521. The molecule has 10 nitrogen and oxygen atoms in total. The molecule has 3 aliphatic heterocycles. The molecule has 40 heavy (non-hydrogen) atoms. The van der Waals surface area contributed by atoms with E-state index < -0.39 is 5.60 Å². The molecule has 3 aliphatic rings. The van der Waals surface area contributed by atoms with Crippen LogP contribution in [-0.4, -0.2) is 106 Å². The molecule has 0 aliphatic carbocycles. The summed E-state index contributed by atoms with van der Waals surface area (Å²) in [5.74, 6) is 0.102. The summed E-state index contributed by atoms with van der Waals surface area (Å²) < 4.78 is 19.8. The molecule has 0 radical (unpaired) electrons. The smallest absolute Gasteiger partial charge is 0.444 e. The molecule has 0 unspecified atom stereocenters.